The van der Waals surface area contributed by atoms with Crippen LogP contribution in [0.4, 0.5) is 5.82 Å². The number of aryl methyl sites for hydroxylation is 1. The third-order valence-electron chi connectivity index (χ3n) is 2.77. The minimum absolute atomic E-state index is 0.0314. The molecule has 5 nitrogen and oxygen atoms in total. The van der Waals surface area contributed by atoms with Gasteiger partial charge in [0, 0.05) is 25.0 Å². The fourth-order valence-electron chi connectivity index (χ4n) is 1.72. The Kier molecular flexibility index (Phi) is 5.85. The van der Waals surface area contributed by atoms with Gasteiger partial charge < -0.3 is 14.8 Å². The van der Waals surface area contributed by atoms with Crippen molar-refractivity contribution in [3.05, 3.63) is 22.7 Å². The summed E-state index contributed by atoms with van der Waals surface area (Å²) in [5.74, 6) is 0.456. The van der Waals surface area contributed by atoms with E-state index in [1.807, 2.05) is 14.1 Å². The number of nitrogens with zero attached hydrogens (tertiary/aromatic N) is 3. The first-order valence-corrected chi connectivity index (χ1v) is 6.51. The highest BCUT2D eigenvalue weighted by atomic mass is 16.1. The summed E-state index contributed by atoms with van der Waals surface area (Å²) in [5.41, 5.74) is -0.0314. The lowest BCUT2D eigenvalue weighted by molar-refractivity contribution is 0.390. The van der Waals surface area contributed by atoms with Crippen molar-refractivity contribution >= 4 is 5.82 Å². The lowest BCUT2D eigenvalue weighted by Crippen LogP contribution is -2.29. The molecule has 1 aromatic heterocycles. The quantitative estimate of drug-likeness (QED) is 0.797. The maximum atomic E-state index is 12.1. The van der Waals surface area contributed by atoms with Crippen LogP contribution in [0.15, 0.2) is 17.2 Å². The molecule has 1 N–H and O–H groups in total. The Labute approximate surface area is 109 Å². The van der Waals surface area contributed by atoms with E-state index in [9.17, 15) is 4.79 Å². The topological polar surface area (TPSA) is 50.2 Å². The molecule has 0 saturated carbocycles. The maximum absolute atomic E-state index is 12.1. The van der Waals surface area contributed by atoms with Crippen LogP contribution >= 0.6 is 0 Å². The van der Waals surface area contributed by atoms with Crippen LogP contribution in [0.1, 0.15) is 26.7 Å². The van der Waals surface area contributed by atoms with Gasteiger partial charge in [0.2, 0.25) is 0 Å². The molecule has 102 valence electrons. The zero-order valence-electron chi connectivity index (χ0n) is 11.8. The van der Waals surface area contributed by atoms with E-state index in [-0.39, 0.29) is 11.6 Å². The van der Waals surface area contributed by atoms with Gasteiger partial charge in [0.25, 0.3) is 5.56 Å². The van der Waals surface area contributed by atoms with Gasteiger partial charge in [-0.25, -0.2) is 4.98 Å². The number of nitrogens with one attached hydrogen (secondary N) is 1. The van der Waals surface area contributed by atoms with Crippen LogP contribution in [-0.2, 0) is 6.54 Å². The first-order valence-electron chi connectivity index (χ1n) is 6.51. The van der Waals surface area contributed by atoms with E-state index in [1.165, 1.54) is 0 Å². The Morgan fingerprint density at radius 1 is 1.50 bits per heavy atom. The molecule has 0 amide bonds. The average molecular weight is 252 g/mol. The number of anilines is 1. The second kappa shape index (κ2) is 7.16. The third-order valence-corrected chi connectivity index (χ3v) is 2.77. The lowest BCUT2D eigenvalue weighted by Gasteiger charge is -2.17. The normalized spacial score (nSPS) is 12.7. The number of aromatic nitrogens is 2. The van der Waals surface area contributed by atoms with Crippen LogP contribution in [0, 0.1) is 0 Å². The minimum Gasteiger partial charge on any atom is -0.363 e. The Morgan fingerprint density at radius 2 is 2.22 bits per heavy atom. The average Bonchev–Trinajstić information content (AvgIpc) is 2.32. The van der Waals surface area contributed by atoms with Gasteiger partial charge in [-0.15, -0.1) is 0 Å². The first kappa shape index (κ1) is 14.7. The summed E-state index contributed by atoms with van der Waals surface area (Å²) in [6.45, 7) is 5.85. The molecule has 5 heteroatoms. The monoisotopic (exact) mass is 252 g/mol. The number of rotatable bonds is 7. The summed E-state index contributed by atoms with van der Waals surface area (Å²) >= 11 is 0. The largest absolute Gasteiger partial charge is 0.363 e. The summed E-state index contributed by atoms with van der Waals surface area (Å²) in [6, 6.07) is 0.241. The zero-order valence-corrected chi connectivity index (χ0v) is 11.8. The van der Waals surface area contributed by atoms with E-state index in [2.05, 4.69) is 29.0 Å². The number of hydrogen-bond donors (Lipinski definition) is 1. The van der Waals surface area contributed by atoms with Gasteiger partial charge in [-0.2, -0.15) is 0 Å². The summed E-state index contributed by atoms with van der Waals surface area (Å²) < 4.78 is 1.70. The molecule has 0 aliphatic carbocycles. The van der Waals surface area contributed by atoms with E-state index in [0.29, 0.717) is 5.82 Å². The fraction of sp³-hybridized carbons (Fsp3) is 0.692. The highest BCUT2D eigenvalue weighted by Gasteiger charge is 2.08. The van der Waals surface area contributed by atoms with Gasteiger partial charge in [0.15, 0.2) is 5.82 Å². The van der Waals surface area contributed by atoms with E-state index >= 15 is 0 Å². The van der Waals surface area contributed by atoms with E-state index < -0.39 is 0 Å². The molecule has 1 atom stereocenters. The smallest absolute Gasteiger partial charge is 0.293 e. The molecule has 1 aromatic rings. The van der Waals surface area contributed by atoms with E-state index in [0.717, 1.165) is 25.9 Å². The fourth-order valence-corrected chi connectivity index (χ4v) is 1.72. The van der Waals surface area contributed by atoms with Crippen molar-refractivity contribution in [3.8, 4) is 0 Å². The van der Waals surface area contributed by atoms with Crippen LogP contribution in [0.2, 0.25) is 0 Å². The van der Waals surface area contributed by atoms with Gasteiger partial charge in [-0.05, 0) is 40.4 Å². The second-order valence-corrected chi connectivity index (χ2v) is 4.91. The minimum atomic E-state index is -0.0314. The molecule has 0 aliphatic rings. The van der Waals surface area contributed by atoms with Gasteiger partial charge in [0.05, 0.1) is 0 Å². The molecule has 1 unspecified atom stereocenters. The van der Waals surface area contributed by atoms with Gasteiger partial charge in [-0.1, -0.05) is 6.92 Å². The van der Waals surface area contributed by atoms with Crippen LogP contribution < -0.4 is 10.9 Å². The molecule has 0 spiro atoms. The van der Waals surface area contributed by atoms with Crippen molar-refractivity contribution in [2.75, 3.05) is 26.0 Å². The van der Waals surface area contributed by atoms with Crippen LogP contribution in [0.25, 0.3) is 0 Å². The maximum Gasteiger partial charge on any atom is 0.293 e. The Hall–Kier alpha value is -1.36. The standard InChI is InChI=1S/C13H24N4O/c1-5-8-17-10-7-14-12(13(17)18)15-11(2)6-9-16(3)4/h7,10-11H,5-6,8-9H2,1-4H3,(H,14,15). The summed E-state index contributed by atoms with van der Waals surface area (Å²) in [7, 11) is 4.09. The second-order valence-electron chi connectivity index (χ2n) is 4.91. The lowest BCUT2D eigenvalue weighted by atomic mass is 10.2. The molecule has 18 heavy (non-hydrogen) atoms. The molecule has 0 fully saturated rings. The Morgan fingerprint density at radius 3 is 2.83 bits per heavy atom. The van der Waals surface area contributed by atoms with E-state index in [4.69, 9.17) is 0 Å². The predicted octanol–water partition coefficient (Wildman–Crippen LogP) is 1.41. The Balaban J connectivity index is 2.66. The van der Waals surface area contributed by atoms with Crippen LogP contribution in [-0.4, -0.2) is 41.1 Å². The van der Waals surface area contributed by atoms with E-state index in [1.54, 1.807) is 17.0 Å². The molecular formula is C13H24N4O. The van der Waals surface area contributed by atoms with Gasteiger partial charge in [0.1, 0.15) is 0 Å². The van der Waals surface area contributed by atoms with Crippen molar-refractivity contribution in [2.45, 2.75) is 39.3 Å². The molecule has 0 radical (unpaired) electrons. The molecule has 1 rings (SSSR count). The molecule has 0 aromatic carbocycles. The molecule has 0 bridgehead atoms. The van der Waals surface area contributed by atoms with Gasteiger partial charge in [-0.3, -0.25) is 4.79 Å². The van der Waals surface area contributed by atoms with Crippen molar-refractivity contribution in [1.29, 1.82) is 0 Å². The van der Waals surface area contributed by atoms with Crippen molar-refractivity contribution < 1.29 is 0 Å². The highest BCUT2D eigenvalue weighted by molar-refractivity contribution is 5.31. The summed E-state index contributed by atoms with van der Waals surface area (Å²) in [5, 5.41) is 3.19. The van der Waals surface area contributed by atoms with Crippen molar-refractivity contribution in [1.82, 2.24) is 14.5 Å². The Bertz CT molecular complexity index is 414. The van der Waals surface area contributed by atoms with Crippen LogP contribution in [0.3, 0.4) is 0 Å². The van der Waals surface area contributed by atoms with Crippen LogP contribution in [0.5, 0.6) is 0 Å². The first-order chi connectivity index (χ1) is 8.54. The summed E-state index contributed by atoms with van der Waals surface area (Å²) in [4.78, 5) is 18.3. The molecule has 0 aliphatic heterocycles. The van der Waals surface area contributed by atoms with Gasteiger partial charge >= 0.3 is 0 Å². The number of hydrogen-bond acceptors (Lipinski definition) is 4. The van der Waals surface area contributed by atoms with Crippen molar-refractivity contribution in [2.24, 2.45) is 0 Å². The highest BCUT2D eigenvalue weighted by Crippen LogP contribution is 2.01. The zero-order chi connectivity index (χ0) is 13.5. The third kappa shape index (κ3) is 4.49. The van der Waals surface area contributed by atoms with Crippen molar-refractivity contribution in [3.63, 3.8) is 0 Å². The summed E-state index contributed by atoms with van der Waals surface area (Å²) in [6.07, 6.45) is 5.34. The molecule has 1 heterocycles. The predicted molar refractivity (Wildman–Crippen MR) is 75.0 cm³/mol. The SMILES string of the molecule is CCCn1ccnc(NC(C)CCN(C)C)c1=O. The molecule has 0 saturated heterocycles. The molecular weight excluding hydrogens is 228 g/mol.